The molecule has 2 N–H and O–H groups in total. The third-order valence-electron chi connectivity index (χ3n) is 3.97. The van der Waals surface area contributed by atoms with Crippen LogP contribution in [0.25, 0.3) is 0 Å². The van der Waals surface area contributed by atoms with Crippen LogP contribution in [0, 0.1) is 11.3 Å². The van der Waals surface area contributed by atoms with Gasteiger partial charge in [0.2, 0.25) is 0 Å². The van der Waals surface area contributed by atoms with Gasteiger partial charge in [0, 0.05) is 18.1 Å². The minimum absolute atomic E-state index is 0.167. The van der Waals surface area contributed by atoms with Crippen LogP contribution < -0.4 is 10.6 Å². The van der Waals surface area contributed by atoms with Crippen molar-refractivity contribution in [2.45, 2.75) is 57.3 Å². The van der Waals surface area contributed by atoms with Crippen LogP contribution in [0.15, 0.2) is 30.3 Å². The van der Waals surface area contributed by atoms with Crippen molar-refractivity contribution in [3.63, 3.8) is 0 Å². The van der Waals surface area contributed by atoms with E-state index in [9.17, 15) is 4.79 Å². The van der Waals surface area contributed by atoms with E-state index in [0.717, 1.165) is 24.8 Å². The van der Waals surface area contributed by atoms with E-state index >= 15 is 0 Å². The molecule has 5 heteroatoms. The Morgan fingerprint density at radius 3 is 2.73 bits per heavy atom. The van der Waals surface area contributed by atoms with Gasteiger partial charge in [-0.2, -0.15) is 5.26 Å². The molecule has 1 atom stereocenters. The van der Waals surface area contributed by atoms with Gasteiger partial charge >= 0.3 is 6.09 Å². The average Bonchev–Trinajstić information content (AvgIpc) is 2.51. The molecule has 0 spiro atoms. The molecule has 22 heavy (non-hydrogen) atoms. The minimum atomic E-state index is -0.364. The number of hydrogen-bond donors (Lipinski definition) is 2. The van der Waals surface area contributed by atoms with Gasteiger partial charge in [0.1, 0.15) is 6.61 Å². The van der Waals surface area contributed by atoms with E-state index in [1.54, 1.807) is 0 Å². The van der Waals surface area contributed by atoms with Crippen molar-refractivity contribution >= 4 is 6.09 Å². The molecule has 1 aliphatic rings. The predicted molar refractivity (Wildman–Crippen MR) is 84.0 cm³/mol. The smallest absolute Gasteiger partial charge is 0.407 e. The van der Waals surface area contributed by atoms with E-state index in [1.807, 2.05) is 30.3 Å². The number of nitrogens with one attached hydrogen (secondary N) is 2. The fourth-order valence-electron chi connectivity index (χ4n) is 2.57. The number of rotatable bonds is 7. The number of amides is 1. The van der Waals surface area contributed by atoms with Crippen molar-refractivity contribution < 1.29 is 9.53 Å². The van der Waals surface area contributed by atoms with Gasteiger partial charge in [-0.05, 0) is 24.8 Å². The summed E-state index contributed by atoms with van der Waals surface area (Å²) >= 11 is 0. The summed E-state index contributed by atoms with van der Waals surface area (Å²) in [6.07, 6.45) is 2.90. The van der Waals surface area contributed by atoms with Gasteiger partial charge in [0.15, 0.2) is 0 Å². The summed E-state index contributed by atoms with van der Waals surface area (Å²) in [5, 5.41) is 15.1. The van der Waals surface area contributed by atoms with Crippen LogP contribution in [0.3, 0.4) is 0 Å². The summed E-state index contributed by atoms with van der Waals surface area (Å²) < 4.78 is 5.20. The molecule has 0 heterocycles. The second kappa shape index (κ2) is 8.40. The third-order valence-corrected chi connectivity index (χ3v) is 3.97. The SMILES string of the molecule is CCC(CC#N)NC1CC(NC(=O)OCc2ccccc2)C1. The standard InChI is InChI=1S/C17H23N3O2/c1-2-14(8-9-18)19-15-10-16(11-15)20-17(21)22-12-13-6-4-3-5-7-13/h3-7,14-16,19H,2,8,10-12H2,1H3,(H,20,21). The molecule has 0 aromatic heterocycles. The van der Waals surface area contributed by atoms with Gasteiger partial charge in [0.05, 0.1) is 12.5 Å². The van der Waals surface area contributed by atoms with Crippen molar-refractivity contribution in [1.29, 1.82) is 5.26 Å². The van der Waals surface area contributed by atoms with Crippen LogP contribution in [-0.2, 0) is 11.3 Å². The highest BCUT2D eigenvalue weighted by Crippen LogP contribution is 2.21. The number of hydrogen-bond acceptors (Lipinski definition) is 4. The van der Waals surface area contributed by atoms with E-state index in [1.165, 1.54) is 0 Å². The van der Waals surface area contributed by atoms with E-state index in [-0.39, 0.29) is 18.2 Å². The van der Waals surface area contributed by atoms with Crippen LogP contribution in [-0.4, -0.2) is 24.2 Å². The molecule has 2 rings (SSSR count). The summed E-state index contributed by atoms with van der Waals surface area (Å²) in [7, 11) is 0. The number of nitriles is 1. The molecule has 5 nitrogen and oxygen atoms in total. The third kappa shape index (κ3) is 5.05. The lowest BCUT2D eigenvalue weighted by atomic mass is 9.86. The quantitative estimate of drug-likeness (QED) is 0.812. The zero-order valence-corrected chi connectivity index (χ0v) is 12.9. The lowest BCUT2D eigenvalue weighted by molar-refractivity contribution is 0.124. The second-order valence-electron chi connectivity index (χ2n) is 5.71. The summed E-state index contributed by atoms with van der Waals surface area (Å²) in [5.74, 6) is 0. The Morgan fingerprint density at radius 1 is 1.36 bits per heavy atom. The first kappa shape index (κ1) is 16.3. The zero-order valence-electron chi connectivity index (χ0n) is 12.9. The lowest BCUT2D eigenvalue weighted by Gasteiger charge is -2.38. The Bertz CT molecular complexity index is 506. The highest BCUT2D eigenvalue weighted by atomic mass is 16.5. The largest absolute Gasteiger partial charge is 0.445 e. The summed E-state index contributed by atoms with van der Waals surface area (Å²) in [4.78, 5) is 11.7. The second-order valence-corrected chi connectivity index (χ2v) is 5.71. The van der Waals surface area contributed by atoms with Gasteiger partial charge < -0.3 is 15.4 Å². The summed E-state index contributed by atoms with van der Waals surface area (Å²) in [6, 6.07) is 12.6. The van der Waals surface area contributed by atoms with Crippen LogP contribution >= 0.6 is 0 Å². The molecule has 1 saturated carbocycles. The molecular weight excluding hydrogens is 278 g/mol. The molecule has 1 aromatic carbocycles. The Hall–Kier alpha value is -2.06. The number of carbonyl (C=O) groups excluding carboxylic acids is 1. The predicted octanol–water partition coefficient (Wildman–Crippen LogP) is 2.73. The molecule has 1 aromatic rings. The Kier molecular flexibility index (Phi) is 6.23. The van der Waals surface area contributed by atoms with Crippen LogP contribution in [0.5, 0.6) is 0 Å². The first-order chi connectivity index (χ1) is 10.7. The number of benzene rings is 1. The summed E-state index contributed by atoms with van der Waals surface area (Å²) in [6.45, 7) is 2.37. The van der Waals surface area contributed by atoms with E-state index < -0.39 is 0 Å². The Morgan fingerprint density at radius 2 is 2.09 bits per heavy atom. The van der Waals surface area contributed by atoms with Crippen molar-refractivity contribution in [3.8, 4) is 6.07 Å². The van der Waals surface area contributed by atoms with Crippen molar-refractivity contribution in [3.05, 3.63) is 35.9 Å². The molecule has 1 fully saturated rings. The highest BCUT2D eigenvalue weighted by molar-refractivity contribution is 5.67. The molecule has 0 radical (unpaired) electrons. The van der Waals surface area contributed by atoms with E-state index in [2.05, 4.69) is 23.6 Å². The van der Waals surface area contributed by atoms with Crippen molar-refractivity contribution in [1.82, 2.24) is 10.6 Å². The Labute approximate surface area is 131 Å². The van der Waals surface area contributed by atoms with E-state index in [0.29, 0.717) is 19.1 Å². The van der Waals surface area contributed by atoms with Gasteiger partial charge in [-0.15, -0.1) is 0 Å². The number of carbonyl (C=O) groups is 1. The molecule has 1 aliphatic carbocycles. The fraction of sp³-hybridized carbons (Fsp3) is 0.529. The molecule has 0 bridgehead atoms. The van der Waals surface area contributed by atoms with Crippen LogP contribution in [0.4, 0.5) is 4.79 Å². The number of nitrogens with zero attached hydrogens (tertiary/aromatic N) is 1. The Balaban J connectivity index is 1.61. The molecule has 1 unspecified atom stereocenters. The maximum Gasteiger partial charge on any atom is 0.407 e. The lowest BCUT2D eigenvalue weighted by Crippen LogP contribution is -2.54. The fourth-order valence-corrected chi connectivity index (χ4v) is 2.57. The topological polar surface area (TPSA) is 74.2 Å². The van der Waals surface area contributed by atoms with E-state index in [4.69, 9.17) is 10.00 Å². The van der Waals surface area contributed by atoms with Gasteiger partial charge in [-0.1, -0.05) is 37.3 Å². The number of alkyl carbamates (subject to hydrolysis) is 1. The van der Waals surface area contributed by atoms with Gasteiger partial charge in [-0.3, -0.25) is 0 Å². The van der Waals surface area contributed by atoms with Crippen LogP contribution in [0.2, 0.25) is 0 Å². The first-order valence-electron chi connectivity index (χ1n) is 7.81. The average molecular weight is 301 g/mol. The van der Waals surface area contributed by atoms with Gasteiger partial charge in [-0.25, -0.2) is 4.79 Å². The minimum Gasteiger partial charge on any atom is -0.445 e. The van der Waals surface area contributed by atoms with Gasteiger partial charge in [0.25, 0.3) is 0 Å². The maximum atomic E-state index is 11.7. The first-order valence-corrected chi connectivity index (χ1v) is 7.81. The molecule has 1 amide bonds. The highest BCUT2D eigenvalue weighted by Gasteiger charge is 2.31. The van der Waals surface area contributed by atoms with Crippen molar-refractivity contribution in [2.24, 2.45) is 0 Å². The normalized spacial score (nSPS) is 21.3. The zero-order chi connectivity index (χ0) is 15.8. The monoisotopic (exact) mass is 301 g/mol. The number of ether oxygens (including phenoxy) is 1. The summed E-state index contributed by atoms with van der Waals surface area (Å²) in [5.41, 5.74) is 0.980. The maximum absolute atomic E-state index is 11.7. The molecule has 0 saturated heterocycles. The molecule has 0 aliphatic heterocycles. The van der Waals surface area contributed by atoms with Crippen molar-refractivity contribution in [2.75, 3.05) is 0 Å². The molecular formula is C17H23N3O2. The molecule has 118 valence electrons. The van der Waals surface area contributed by atoms with Crippen LogP contribution in [0.1, 0.15) is 38.2 Å².